The lowest BCUT2D eigenvalue weighted by molar-refractivity contribution is 0.0962. The predicted molar refractivity (Wildman–Crippen MR) is 106 cm³/mol. The summed E-state index contributed by atoms with van der Waals surface area (Å²) >= 11 is 3.46. The first-order valence-electron chi connectivity index (χ1n) is 7.79. The van der Waals surface area contributed by atoms with Crippen LogP contribution in [0.3, 0.4) is 0 Å². The van der Waals surface area contributed by atoms with Crippen LogP contribution in [-0.2, 0) is 0 Å². The molecule has 0 bridgehead atoms. The van der Waals surface area contributed by atoms with Crippen LogP contribution in [0.25, 0.3) is 0 Å². The molecular weight excluding hydrogens is 396 g/mol. The van der Waals surface area contributed by atoms with Gasteiger partial charge in [0.05, 0.1) is 5.69 Å². The average molecular weight is 413 g/mol. The smallest absolute Gasteiger partial charge is 0.269 e. The highest BCUT2D eigenvalue weighted by atomic mass is 79.9. The van der Waals surface area contributed by atoms with E-state index in [0.717, 1.165) is 15.7 Å². The van der Waals surface area contributed by atoms with Crippen LogP contribution in [0.4, 0.5) is 23.0 Å². The molecule has 1 amide bonds. The van der Waals surface area contributed by atoms with Crippen LogP contribution >= 0.6 is 15.9 Å². The van der Waals surface area contributed by atoms with Crippen LogP contribution in [0.15, 0.2) is 59.3 Å². The van der Waals surface area contributed by atoms with Gasteiger partial charge < -0.3 is 11.1 Å². The number of hydrazine groups is 1. The summed E-state index contributed by atoms with van der Waals surface area (Å²) in [5.74, 6) is 0.442. The Morgan fingerprint density at radius 3 is 2.46 bits per heavy atom. The second-order valence-electron chi connectivity index (χ2n) is 5.53. The fourth-order valence-corrected chi connectivity index (χ4v) is 2.56. The number of para-hydroxylation sites is 1. The molecule has 7 nitrogen and oxygen atoms in total. The topological polar surface area (TPSA) is 105 Å². The van der Waals surface area contributed by atoms with Crippen molar-refractivity contribution in [3.05, 3.63) is 70.5 Å². The minimum atomic E-state index is -0.289. The molecule has 26 heavy (non-hydrogen) atoms. The van der Waals surface area contributed by atoms with Crippen molar-refractivity contribution in [3.8, 4) is 0 Å². The van der Waals surface area contributed by atoms with Crippen LogP contribution in [0, 0.1) is 6.92 Å². The number of nitrogens with one attached hydrogen (secondary N) is 3. The third-order valence-corrected chi connectivity index (χ3v) is 4.31. The SMILES string of the molecule is Cc1ccc(C(=O)NNc2ncnc(Nc3ccccc3Br)c2N)cc1. The predicted octanol–water partition coefficient (Wildman–Crippen LogP) is 3.63. The van der Waals surface area contributed by atoms with Crippen LogP contribution in [0.2, 0.25) is 0 Å². The van der Waals surface area contributed by atoms with Gasteiger partial charge in [-0.2, -0.15) is 0 Å². The maximum atomic E-state index is 12.2. The lowest BCUT2D eigenvalue weighted by atomic mass is 10.1. The summed E-state index contributed by atoms with van der Waals surface area (Å²) in [7, 11) is 0. The number of carbonyl (C=O) groups is 1. The number of nitrogens with two attached hydrogens (primary N) is 1. The molecule has 5 N–H and O–H groups in total. The number of carbonyl (C=O) groups excluding carboxylic acids is 1. The normalized spacial score (nSPS) is 10.2. The molecule has 0 aliphatic rings. The Morgan fingerprint density at radius 2 is 1.73 bits per heavy atom. The Bertz CT molecular complexity index is 929. The first-order chi connectivity index (χ1) is 12.5. The Morgan fingerprint density at radius 1 is 1.04 bits per heavy atom. The number of aryl methyl sites for hydroxylation is 1. The highest BCUT2D eigenvalue weighted by molar-refractivity contribution is 9.10. The number of aromatic nitrogens is 2. The average Bonchev–Trinajstić information content (AvgIpc) is 2.64. The standard InChI is InChI=1S/C18H17BrN6O/c1-11-6-8-12(9-7-11)18(26)25-24-17-15(20)16(21-10-22-17)23-14-5-3-2-4-13(14)19/h2-10H,20H2,1H3,(H,25,26)(H2,21,22,23,24). The molecule has 1 heterocycles. The van der Waals surface area contributed by atoms with E-state index >= 15 is 0 Å². The Hall–Kier alpha value is -3.13. The van der Waals surface area contributed by atoms with Crippen LogP contribution < -0.4 is 21.9 Å². The van der Waals surface area contributed by atoms with Gasteiger partial charge in [0, 0.05) is 10.0 Å². The zero-order chi connectivity index (χ0) is 18.5. The van der Waals surface area contributed by atoms with Crippen molar-refractivity contribution in [2.45, 2.75) is 6.92 Å². The number of halogens is 1. The number of anilines is 4. The highest BCUT2D eigenvalue weighted by Gasteiger charge is 2.11. The van der Waals surface area contributed by atoms with Gasteiger partial charge in [0.1, 0.15) is 12.0 Å². The Labute approximate surface area is 159 Å². The van der Waals surface area contributed by atoms with Crippen LogP contribution in [-0.4, -0.2) is 15.9 Å². The van der Waals surface area contributed by atoms with Crippen molar-refractivity contribution in [2.75, 3.05) is 16.5 Å². The number of nitrogen functional groups attached to an aromatic ring is 1. The molecule has 0 saturated heterocycles. The molecule has 0 aliphatic heterocycles. The van der Waals surface area contributed by atoms with Gasteiger partial charge in [0.2, 0.25) is 0 Å². The highest BCUT2D eigenvalue weighted by Crippen LogP contribution is 2.29. The molecule has 3 rings (SSSR count). The quantitative estimate of drug-likeness (QED) is 0.476. The molecule has 0 saturated carbocycles. The van der Waals surface area contributed by atoms with E-state index < -0.39 is 0 Å². The van der Waals surface area contributed by atoms with Crippen molar-refractivity contribution in [2.24, 2.45) is 0 Å². The minimum absolute atomic E-state index is 0.285. The summed E-state index contributed by atoms with van der Waals surface area (Å²) in [4.78, 5) is 20.4. The maximum absolute atomic E-state index is 12.2. The molecule has 8 heteroatoms. The van der Waals surface area contributed by atoms with Gasteiger partial charge in [-0.3, -0.25) is 15.6 Å². The number of benzene rings is 2. The molecule has 0 atom stereocenters. The lowest BCUT2D eigenvalue weighted by Crippen LogP contribution is -2.30. The van der Waals surface area contributed by atoms with Gasteiger partial charge in [-0.15, -0.1) is 0 Å². The van der Waals surface area contributed by atoms with E-state index in [4.69, 9.17) is 5.73 Å². The van der Waals surface area contributed by atoms with E-state index in [-0.39, 0.29) is 11.6 Å². The van der Waals surface area contributed by atoms with E-state index in [0.29, 0.717) is 17.2 Å². The van der Waals surface area contributed by atoms with Gasteiger partial charge in [0.15, 0.2) is 11.6 Å². The van der Waals surface area contributed by atoms with Gasteiger partial charge in [-0.1, -0.05) is 29.8 Å². The molecular formula is C18H17BrN6O. The number of rotatable bonds is 5. The third-order valence-electron chi connectivity index (χ3n) is 3.62. The molecule has 0 spiro atoms. The van der Waals surface area contributed by atoms with Gasteiger partial charge in [-0.25, -0.2) is 9.97 Å². The fraction of sp³-hybridized carbons (Fsp3) is 0.0556. The lowest BCUT2D eigenvalue weighted by Gasteiger charge is -2.14. The molecule has 132 valence electrons. The second-order valence-corrected chi connectivity index (χ2v) is 6.39. The summed E-state index contributed by atoms with van der Waals surface area (Å²) in [6.07, 6.45) is 1.36. The first kappa shape index (κ1) is 17.7. The first-order valence-corrected chi connectivity index (χ1v) is 8.59. The summed E-state index contributed by atoms with van der Waals surface area (Å²) in [6, 6.07) is 14.8. The molecule has 0 fully saturated rings. The second kappa shape index (κ2) is 7.83. The Balaban J connectivity index is 1.72. The van der Waals surface area contributed by atoms with E-state index in [2.05, 4.69) is 42.1 Å². The summed E-state index contributed by atoms with van der Waals surface area (Å²) in [5.41, 5.74) is 14.1. The van der Waals surface area contributed by atoms with Gasteiger partial charge in [-0.05, 0) is 47.1 Å². The number of amides is 1. The largest absolute Gasteiger partial charge is 0.393 e. The van der Waals surface area contributed by atoms with E-state index in [1.807, 2.05) is 43.3 Å². The molecule has 0 aliphatic carbocycles. The van der Waals surface area contributed by atoms with Crippen molar-refractivity contribution in [1.82, 2.24) is 15.4 Å². The third kappa shape index (κ3) is 4.09. The molecule has 1 aromatic heterocycles. The molecule has 0 radical (unpaired) electrons. The van der Waals surface area contributed by atoms with E-state index in [9.17, 15) is 4.79 Å². The summed E-state index contributed by atoms with van der Waals surface area (Å²) < 4.78 is 0.875. The van der Waals surface area contributed by atoms with Crippen molar-refractivity contribution >= 4 is 44.8 Å². The van der Waals surface area contributed by atoms with E-state index in [1.54, 1.807) is 12.1 Å². The molecule has 0 unspecified atom stereocenters. The zero-order valence-electron chi connectivity index (χ0n) is 14.0. The fourth-order valence-electron chi connectivity index (χ4n) is 2.18. The van der Waals surface area contributed by atoms with Crippen LogP contribution in [0.1, 0.15) is 15.9 Å². The van der Waals surface area contributed by atoms with Crippen molar-refractivity contribution in [1.29, 1.82) is 0 Å². The monoisotopic (exact) mass is 412 g/mol. The maximum Gasteiger partial charge on any atom is 0.269 e. The van der Waals surface area contributed by atoms with Gasteiger partial charge in [0.25, 0.3) is 5.91 Å². The van der Waals surface area contributed by atoms with E-state index in [1.165, 1.54) is 6.33 Å². The van der Waals surface area contributed by atoms with Gasteiger partial charge >= 0.3 is 0 Å². The van der Waals surface area contributed by atoms with Crippen molar-refractivity contribution in [3.63, 3.8) is 0 Å². The minimum Gasteiger partial charge on any atom is -0.393 e. The summed E-state index contributed by atoms with van der Waals surface area (Å²) in [6.45, 7) is 1.96. The number of hydrogen-bond donors (Lipinski definition) is 4. The zero-order valence-corrected chi connectivity index (χ0v) is 15.5. The Kier molecular flexibility index (Phi) is 5.33. The molecule has 2 aromatic carbocycles. The number of nitrogens with zero attached hydrogens (tertiary/aromatic N) is 2. The van der Waals surface area contributed by atoms with Crippen LogP contribution in [0.5, 0.6) is 0 Å². The molecule has 3 aromatic rings. The number of hydrogen-bond acceptors (Lipinski definition) is 6. The van der Waals surface area contributed by atoms with Crippen molar-refractivity contribution < 1.29 is 4.79 Å². The summed E-state index contributed by atoms with van der Waals surface area (Å²) in [5, 5.41) is 3.13.